The van der Waals surface area contributed by atoms with Crippen molar-refractivity contribution in [2.75, 3.05) is 11.9 Å². The molecule has 0 aliphatic heterocycles. The minimum Gasteiger partial charge on any atom is -0.461 e. The maximum atomic E-state index is 12.1. The number of carbonyl (C=O) groups excluding carboxylic acids is 2. The van der Waals surface area contributed by atoms with Crippen LogP contribution in [0.3, 0.4) is 0 Å². The van der Waals surface area contributed by atoms with Gasteiger partial charge in [-0.25, -0.2) is 9.78 Å². The van der Waals surface area contributed by atoms with E-state index in [0.29, 0.717) is 15.2 Å². The minimum absolute atomic E-state index is 0.146. The minimum atomic E-state index is -0.537. The number of rotatable bonds is 4. The number of aromatic nitrogens is 1. The molecule has 2 rings (SSSR count). The van der Waals surface area contributed by atoms with Gasteiger partial charge in [-0.15, -0.1) is 11.3 Å². The lowest BCUT2D eigenvalue weighted by Gasteiger charge is -2.06. The third-order valence-electron chi connectivity index (χ3n) is 2.39. The first-order chi connectivity index (χ1) is 10.0. The first-order valence-electron chi connectivity index (χ1n) is 5.91. The molecule has 8 heteroatoms. The summed E-state index contributed by atoms with van der Waals surface area (Å²) in [7, 11) is 0. The van der Waals surface area contributed by atoms with Crippen LogP contribution < -0.4 is 5.32 Å². The SMILES string of the molecule is CCOC(=O)c1nc(C(=O)Nc2cccc(Cl)c2Br)cs1. The van der Waals surface area contributed by atoms with Crippen LogP contribution in [-0.4, -0.2) is 23.5 Å². The van der Waals surface area contributed by atoms with Crippen molar-refractivity contribution in [2.45, 2.75) is 6.92 Å². The van der Waals surface area contributed by atoms with Gasteiger partial charge in [0.05, 0.1) is 21.8 Å². The molecule has 0 spiro atoms. The lowest BCUT2D eigenvalue weighted by molar-refractivity contribution is 0.0526. The van der Waals surface area contributed by atoms with Crippen LogP contribution in [0.2, 0.25) is 5.02 Å². The number of esters is 1. The standard InChI is InChI=1S/C13H10BrClN2O3S/c1-2-20-13(19)12-17-9(6-21-12)11(18)16-8-5-3-4-7(15)10(8)14/h3-6H,2H2,1H3,(H,16,18). The Labute approximate surface area is 138 Å². The number of hydrogen-bond acceptors (Lipinski definition) is 5. The van der Waals surface area contributed by atoms with Gasteiger partial charge in [-0.2, -0.15) is 0 Å². The van der Waals surface area contributed by atoms with Crippen molar-refractivity contribution in [3.63, 3.8) is 0 Å². The van der Waals surface area contributed by atoms with Crippen LogP contribution >= 0.6 is 38.9 Å². The number of amides is 1. The molecule has 5 nitrogen and oxygen atoms in total. The third kappa shape index (κ3) is 3.81. The summed E-state index contributed by atoms with van der Waals surface area (Å²) in [5, 5.41) is 4.80. The molecule has 0 aliphatic rings. The Bertz CT molecular complexity index is 690. The van der Waals surface area contributed by atoms with E-state index in [0.717, 1.165) is 11.3 Å². The van der Waals surface area contributed by atoms with Gasteiger partial charge in [0.1, 0.15) is 5.69 Å². The van der Waals surface area contributed by atoms with Crippen molar-refractivity contribution in [3.05, 3.63) is 43.8 Å². The van der Waals surface area contributed by atoms with Crippen LogP contribution in [0.15, 0.2) is 28.1 Å². The molecule has 1 amide bonds. The van der Waals surface area contributed by atoms with E-state index in [1.54, 1.807) is 25.1 Å². The van der Waals surface area contributed by atoms with Crippen LogP contribution in [0.25, 0.3) is 0 Å². The van der Waals surface area contributed by atoms with E-state index in [9.17, 15) is 9.59 Å². The zero-order valence-corrected chi connectivity index (χ0v) is 14.0. The Hall–Kier alpha value is -1.44. The van der Waals surface area contributed by atoms with Crippen molar-refractivity contribution >= 4 is 56.4 Å². The first kappa shape index (κ1) is 15.9. The Kier molecular flexibility index (Phi) is 5.33. The number of halogens is 2. The molecule has 2 aromatic rings. The smallest absolute Gasteiger partial charge is 0.367 e. The van der Waals surface area contributed by atoms with Gasteiger partial charge in [-0.3, -0.25) is 4.79 Å². The average molecular weight is 390 g/mol. The quantitative estimate of drug-likeness (QED) is 0.803. The second-order valence-electron chi connectivity index (χ2n) is 3.81. The van der Waals surface area contributed by atoms with Gasteiger partial charge in [0.2, 0.25) is 5.01 Å². The highest BCUT2D eigenvalue weighted by Gasteiger charge is 2.17. The van der Waals surface area contributed by atoms with Crippen molar-refractivity contribution in [1.82, 2.24) is 4.98 Å². The van der Waals surface area contributed by atoms with Gasteiger partial charge in [0.15, 0.2) is 0 Å². The molecule has 21 heavy (non-hydrogen) atoms. The Morgan fingerprint density at radius 3 is 2.95 bits per heavy atom. The fraction of sp³-hybridized carbons (Fsp3) is 0.154. The highest BCUT2D eigenvalue weighted by Crippen LogP contribution is 2.30. The molecular formula is C13H10BrClN2O3S. The molecule has 0 atom stereocenters. The summed E-state index contributed by atoms with van der Waals surface area (Å²) in [6.45, 7) is 1.96. The first-order valence-corrected chi connectivity index (χ1v) is 7.96. The number of thiazole rings is 1. The number of anilines is 1. The van der Waals surface area contributed by atoms with E-state index in [2.05, 4.69) is 26.2 Å². The molecule has 1 aromatic heterocycles. The van der Waals surface area contributed by atoms with E-state index in [-0.39, 0.29) is 17.3 Å². The van der Waals surface area contributed by atoms with Crippen LogP contribution in [0.1, 0.15) is 27.2 Å². The van der Waals surface area contributed by atoms with E-state index >= 15 is 0 Å². The number of carbonyl (C=O) groups is 2. The summed E-state index contributed by atoms with van der Waals surface area (Å²) in [5.41, 5.74) is 0.674. The normalized spacial score (nSPS) is 10.2. The molecule has 1 N–H and O–H groups in total. The van der Waals surface area contributed by atoms with E-state index < -0.39 is 11.9 Å². The van der Waals surface area contributed by atoms with Crippen LogP contribution in [0.4, 0.5) is 5.69 Å². The highest BCUT2D eigenvalue weighted by atomic mass is 79.9. The topological polar surface area (TPSA) is 68.3 Å². The summed E-state index contributed by atoms with van der Waals surface area (Å²) < 4.78 is 5.41. The Morgan fingerprint density at radius 1 is 1.48 bits per heavy atom. The molecule has 0 fully saturated rings. The second kappa shape index (κ2) is 7.02. The van der Waals surface area contributed by atoms with Gasteiger partial charge in [0, 0.05) is 5.38 Å². The molecule has 0 saturated carbocycles. The lowest BCUT2D eigenvalue weighted by Crippen LogP contribution is -2.13. The van der Waals surface area contributed by atoms with Crippen molar-refractivity contribution in [2.24, 2.45) is 0 Å². The van der Waals surface area contributed by atoms with E-state index in [1.807, 2.05) is 0 Å². The third-order valence-corrected chi connectivity index (χ3v) is 4.61. The Balaban J connectivity index is 2.14. The monoisotopic (exact) mass is 388 g/mol. The number of nitrogens with one attached hydrogen (secondary N) is 1. The highest BCUT2D eigenvalue weighted by molar-refractivity contribution is 9.10. The number of hydrogen-bond donors (Lipinski definition) is 1. The molecule has 1 heterocycles. The number of ether oxygens (including phenoxy) is 1. The molecule has 0 saturated heterocycles. The molecule has 0 radical (unpaired) electrons. The van der Waals surface area contributed by atoms with E-state index in [4.69, 9.17) is 16.3 Å². The molecule has 0 aliphatic carbocycles. The zero-order chi connectivity index (χ0) is 15.4. The molecular weight excluding hydrogens is 380 g/mol. The predicted octanol–water partition coefficient (Wildman–Crippen LogP) is 3.99. The summed E-state index contributed by atoms with van der Waals surface area (Å²) >= 11 is 10.3. The summed E-state index contributed by atoms with van der Waals surface area (Å²) in [6.07, 6.45) is 0. The summed E-state index contributed by atoms with van der Waals surface area (Å²) in [6, 6.07) is 5.11. The van der Waals surface area contributed by atoms with Crippen molar-refractivity contribution < 1.29 is 14.3 Å². The van der Waals surface area contributed by atoms with Crippen LogP contribution in [-0.2, 0) is 4.74 Å². The zero-order valence-electron chi connectivity index (χ0n) is 10.9. The molecule has 0 bridgehead atoms. The van der Waals surface area contributed by atoms with Crippen molar-refractivity contribution in [1.29, 1.82) is 0 Å². The fourth-order valence-electron chi connectivity index (χ4n) is 1.45. The van der Waals surface area contributed by atoms with Gasteiger partial charge in [0.25, 0.3) is 5.91 Å². The summed E-state index contributed by atoms with van der Waals surface area (Å²) in [5.74, 6) is -0.963. The fourth-order valence-corrected chi connectivity index (χ4v) is 2.68. The second-order valence-corrected chi connectivity index (χ2v) is 5.87. The molecule has 110 valence electrons. The van der Waals surface area contributed by atoms with Gasteiger partial charge in [-0.05, 0) is 35.0 Å². The number of benzene rings is 1. The predicted molar refractivity (Wildman–Crippen MR) is 85.2 cm³/mol. The largest absolute Gasteiger partial charge is 0.461 e. The van der Waals surface area contributed by atoms with Gasteiger partial charge in [-0.1, -0.05) is 17.7 Å². The van der Waals surface area contributed by atoms with Gasteiger partial charge < -0.3 is 10.1 Å². The van der Waals surface area contributed by atoms with Crippen LogP contribution in [0.5, 0.6) is 0 Å². The maximum Gasteiger partial charge on any atom is 0.367 e. The Morgan fingerprint density at radius 2 is 2.24 bits per heavy atom. The number of nitrogens with zero attached hydrogens (tertiary/aromatic N) is 1. The van der Waals surface area contributed by atoms with Crippen LogP contribution in [0, 0.1) is 0 Å². The average Bonchev–Trinajstić information content (AvgIpc) is 2.94. The summed E-state index contributed by atoms with van der Waals surface area (Å²) in [4.78, 5) is 27.6. The van der Waals surface area contributed by atoms with Gasteiger partial charge >= 0.3 is 5.97 Å². The lowest BCUT2D eigenvalue weighted by atomic mass is 10.3. The molecule has 1 aromatic carbocycles. The maximum absolute atomic E-state index is 12.1. The van der Waals surface area contributed by atoms with Crippen molar-refractivity contribution in [3.8, 4) is 0 Å². The van der Waals surface area contributed by atoms with E-state index in [1.165, 1.54) is 5.38 Å². The molecule has 0 unspecified atom stereocenters.